The number of hydrogen-bond donors (Lipinski definition) is 2. The normalized spacial score (nSPS) is 18.8. The van der Waals surface area contributed by atoms with Gasteiger partial charge in [-0.2, -0.15) is 0 Å². The van der Waals surface area contributed by atoms with Crippen LogP contribution in [0.3, 0.4) is 0 Å². The molecule has 0 radical (unpaired) electrons. The third kappa shape index (κ3) is 1.62. The second-order valence-electron chi connectivity index (χ2n) is 5.05. The van der Waals surface area contributed by atoms with E-state index in [2.05, 4.69) is 30.1 Å². The number of benzene rings is 1. The molecule has 1 heterocycles. The van der Waals surface area contributed by atoms with Gasteiger partial charge in [0, 0.05) is 23.0 Å². The van der Waals surface area contributed by atoms with Crippen LogP contribution < -0.4 is 0 Å². The van der Waals surface area contributed by atoms with Crippen molar-refractivity contribution in [2.24, 2.45) is 5.92 Å². The number of carboxylic acids is 1. The summed E-state index contributed by atoms with van der Waals surface area (Å²) < 4.78 is 0. The summed E-state index contributed by atoms with van der Waals surface area (Å²) in [6.45, 7) is 2.15. The molecular formula is C15H17NO2. The number of H-pyrrole nitrogens is 1. The fourth-order valence-electron chi connectivity index (χ4n) is 3.02. The van der Waals surface area contributed by atoms with Crippen molar-refractivity contribution in [2.75, 3.05) is 0 Å². The van der Waals surface area contributed by atoms with Gasteiger partial charge >= 0.3 is 5.97 Å². The number of aromatic amines is 1. The standard InChI is InChI=1S/C15H17NO2/c1-2-9-4-3-5-12-11-7-6-10(15(17)18)8-13(11)16-14(9)12/h3-5,10,16H,2,6-8H2,1H3,(H,17,18). The second-order valence-corrected chi connectivity index (χ2v) is 5.05. The Labute approximate surface area is 106 Å². The lowest BCUT2D eigenvalue weighted by Gasteiger charge is -2.18. The van der Waals surface area contributed by atoms with E-state index in [1.165, 1.54) is 22.0 Å². The van der Waals surface area contributed by atoms with Crippen LogP contribution in [0, 0.1) is 5.92 Å². The highest BCUT2D eigenvalue weighted by atomic mass is 16.4. The number of carbonyl (C=O) groups is 1. The van der Waals surface area contributed by atoms with Crippen LogP contribution in [-0.2, 0) is 24.1 Å². The maximum atomic E-state index is 11.1. The Hall–Kier alpha value is -1.77. The number of para-hydroxylation sites is 1. The van der Waals surface area contributed by atoms with Crippen molar-refractivity contribution in [2.45, 2.75) is 32.6 Å². The summed E-state index contributed by atoms with van der Waals surface area (Å²) in [6.07, 6.45) is 3.27. The zero-order chi connectivity index (χ0) is 12.7. The molecule has 0 amide bonds. The van der Waals surface area contributed by atoms with Crippen LogP contribution in [0.4, 0.5) is 0 Å². The van der Waals surface area contributed by atoms with Crippen LogP contribution in [0.15, 0.2) is 18.2 Å². The molecule has 1 unspecified atom stereocenters. The molecule has 0 saturated heterocycles. The number of rotatable bonds is 2. The predicted octanol–water partition coefficient (Wildman–Crippen LogP) is 2.92. The Kier molecular flexibility index (Phi) is 2.62. The van der Waals surface area contributed by atoms with Gasteiger partial charge in [-0.25, -0.2) is 0 Å². The first kappa shape index (κ1) is 11.3. The summed E-state index contributed by atoms with van der Waals surface area (Å²) in [5.74, 6) is -0.898. The molecule has 3 rings (SSSR count). The van der Waals surface area contributed by atoms with Gasteiger partial charge < -0.3 is 10.1 Å². The SMILES string of the molecule is CCc1cccc2c3c([nH]c12)CC(C(=O)O)CC3. The Bertz CT molecular complexity index is 612. The van der Waals surface area contributed by atoms with Crippen LogP contribution in [0.2, 0.25) is 0 Å². The van der Waals surface area contributed by atoms with Crippen molar-refractivity contribution in [3.63, 3.8) is 0 Å². The maximum absolute atomic E-state index is 11.1. The van der Waals surface area contributed by atoms with Gasteiger partial charge in [-0.1, -0.05) is 25.1 Å². The minimum atomic E-state index is -0.671. The van der Waals surface area contributed by atoms with Gasteiger partial charge in [0.1, 0.15) is 0 Å². The molecule has 1 aliphatic rings. The Morgan fingerprint density at radius 3 is 3.06 bits per heavy atom. The summed E-state index contributed by atoms with van der Waals surface area (Å²) >= 11 is 0. The summed E-state index contributed by atoms with van der Waals surface area (Å²) in [4.78, 5) is 14.5. The lowest BCUT2D eigenvalue weighted by Crippen LogP contribution is -2.21. The van der Waals surface area contributed by atoms with Gasteiger partial charge in [0.15, 0.2) is 0 Å². The van der Waals surface area contributed by atoms with Crippen LogP contribution >= 0.6 is 0 Å². The summed E-state index contributed by atoms with van der Waals surface area (Å²) in [6, 6.07) is 6.38. The average Bonchev–Trinajstić information content (AvgIpc) is 2.75. The van der Waals surface area contributed by atoms with E-state index in [4.69, 9.17) is 5.11 Å². The van der Waals surface area contributed by atoms with Crippen molar-refractivity contribution >= 4 is 16.9 Å². The predicted molar refractivity (Wildman–Crippen MR) is 70.8 cm³/mol. The van der Waals surface area contributed by atoms with E-state index in [0.29, 0.717) is 6.42 Å². The molecule has 1 aromatic heterocycles. The number of carboxylic acid groups (broad SMARTS) is 1. The zero-order valence-electron chi connectivity index (χ0n) is 10.5. The molecule has 2 N–H and O–H groups in total. The van der Waals surface area contributed by atoms with Gasteiger partial charge in [0.05, 0.1) is 5.92 Å². The Morgan fingerprint density at radius 1 is 1.50 bits per heavy atom. The molecule has 1 aliphatic carbocycles. The smallest absolute Gasteiger partial charge is 0.306 e. The zero-order valence-corrected chi connectivity index (χ0v) is 10.5. The van der Waals surface area contributed by atoms with Gasteiger partial charge in [-0.15, -0.1) is 0 Å². The molecule has 18 heavy (non-hydrogen) atoms. The van der Waals surface area contributed by atoms with Gasteiger partial charge in [0.25, 0.3) is 0 Å². The summed E-state index contributed by atoms with van der Waals surface area (Å²) in [7, 11) is 0. The molecule has 0 saturated carbocycles. The van der Waals surface area contributed by atoms with Crippen molar-refractivity contribution < 1.29 is 9.90 Å². The van der Waals surface area contributed by atoms with E-state index in [1.807, 2.05) is 0 Å². The highest BCUT2D eigenvalue weighted by Gasteiger charge is 2.27. The molecule has 0 bridgehead atoms. The van der Waals surface area contributed by atoms with Crippen LogP contribution in [0.25, 0.3) is 10.9 Å². The number of nitrogens with one attached hydrogen (secondary N) is 1. The molecule has 0 fully saturated rings. The lowest BCUT2D eigenvalue weighted by atomic mass is 9.87. The Balaban J connectivity index is 2.12. The maximum Gasteiger partial charge on any atom is 0.306 e. The topological polar surface area (TPSA) is 53.1 Å². The van der Waals surface area contributed by atoms with Crippen molar-refractivity contribution in [1.82, 2.24) is 4.98 Å². The highest BCUT2D eigenvalue weighted by molar-refractivity contribution is 5.88. The fourth-order valence-corrected chi connectivity index (χ4v) is 3.02. The van der Waals surface area contributed by atoms with Crippen LogP contribution in [-0.4, -0.2) is 16.1 Å². The van der Waals surface area contributed by atoms with Crippen LogP contribution in [0.5, 0.6) is 0 Å². The van der Waals surface area contributed by atoms with Gasteiger partial charge in [0.2, 0.25) is 0 Å². The van der Waals surface area contributed by atoms with Crippen molar-refractivity contribution in [1.29, 1.82) is 0 Å². The first-order chi connectivity index (χ1) is 8.70. The second kappa shape index (κ2) is 4.16. The van der Waals surface area contributed by atoms with Gasteiger partial charge in [-0.3, -0.25) is 4.79 Å². The monoisotopic (exact) mass is 243 g/mol. The molecule has 3 heteroatoms. The first-order valence-electron chi connectivity index (χ1n) is 6.54. The fraction of sp³-hybridized carbons (Fsp3) is 0.400. The first-order valence-corrected chi connectivity index (χ1v) is 6.54. The lowest BCUT2D eigenvalue weighted by molar-refractivity contribution is -0.142. The van der Waals surface area contributed by atoms with E-state index in [-0.39, 0.29) is 5.92 Å². The molecule has 1 aromatic carbocycles. The summed E-state index contributed by atoms with van der Waals surface area (Å²) in [5.41, 5.74) is 4.98. The molecule has 3 nitrogen and oxygen atoms in total. The Morgan fingerprint density at radius 2 is 2.33 bits per heavy atom. The van der Waals surface area contributed by atoms with E-state index in [9.17, 15) is 4.79 Å². The molecule has 0 aliphatic heterocycles. The number of fused-ring (bicyclic) bond motifs is 3. The minimum absolute atomic E-state index is 0.226. The number of hydrogen-bond acceptors (Lipinski definition) is 1. The third-order valence-corrected chi connectivity index (χ3v) is 4.04. The minimum Gasteiger partial charge on any atom is -0.481 e. The third-order valence-electron chi connectivity index (χ3n) is 4.04. The molecule has 0 spiro atoms. The molecule has 1 atom stereocenters. The number of aliphatic carboxylic acids is 1. The highest BCUT2D eigenvalue weighted by Crippen LogP contribution is 2.33. The van der Waals surface area contributed by atoms with Crippen molar-refractivity contribution in [3.8, 4) is 0 Å². The quantitative estimate of drug-likeness (QED) is 0.852. The molecule has 94 valence electrons. The summed E-state index contributed by atoms with van der Waals surface area (Å²) in [5, 5.41) is 10.4. The van der Waals surface area contributed by atoms with Crippen molar-refractivity contribution in [3.05, 3.63) is 35.0 Å². The van der Waals surface area contributed by atoms with E-state index < -0.39 is 5.97 Å². The molecule has 2 aromatic rings. The average molecular weight is 243 g/mol. The van der Waals surface area contributed by atoms with E-state index in [1.54, 1.807) is 0 Å². The van der Waals surface area contributed by atoms with E-state index >= 15 is 0 Å². The van der Waals surface area contributed by atoms with Crippen LogP contribution in [0.1, 0.15) is 30.2 Å². The molecular weight excluding hydrogens is 226 g/mol. The van der Waals surface area contributed by atoms with Gasteiger partial charge in [-0.05, 0) is 30.4 Å². The largest absolute Gasteiger partial charge is 0.481 e. The number of aromatic nitrogens is 1. The van der Waals surface area contributed by atoms with E-state index in [0.717, 1.165) is 25.0 Å². The number of aryl methyl sites for hydroxylation is 2.